The fourth-order valence-electron chi connectivity index (χ4n) is 1.86. The molecule has 2 rings (SSSR count). The van der Waals surface area contributed by atoms with Gasteiger partial charge in [0, 0.05) is 6.07 Å². The summed E-state index contributed by atoms with van der Waals surface area (Å²) in [4.78, 5) is 10.8. The van der Waals surface area contributed by atoms with E-state index < -0.39 is 17.6 Å². The topological polar surface area (TPSA) is 62.5 Å². The van der Waals surface area contributed by atoms with Crippen molar-refractivity contribution in [2.24, 2.45) is 0 Å². The van der Waals surface area contributed by atoms with Crippen molar-refractivity contribution < 1.29 is 23.1 Å². The van der Waals surface area contributed by atoms with Crippen LogP contribution >= 0.6 is 0 Å². The number of hydrogen-bond acceptors (Lipinski definition) is 3. The van der Waals surface area contributed by atoms with E-state index in [4.69, 9.17) is 9.52 Å². The molecule has 0 aliphatic rings. The number of rotatable bonds is 6. The maximum atomic E-state index is 13.0. The molecule has 0 aliphatic heterocycles. The Morgan fingerprint density at radius 3 is 2.60 bits per heavy atom. The van der Waals surface area contributed by atoms with E-state index in [-0.39, 0.29) is 12.1 Å². The van der Waals surface area contributed by atoms with Crippen LogP contribution in [0.5, 0.6) is 0 Å². The quantitative estimate of drug-likeness (QED) is 0.799. The molecule has 0 spiro atoms. The van der Waals surface area contributed by atoms with Crippen molar-refractivity contribution in [1.29, 1.82) is 0 Å². The van der Waals surface area contributed by atoms with Crippen molar-refractivity contribution in [1.82, 2.24) is 5.32 Å². The van der Waals surface area contributed by atoms with E-state index in [2.05, 4.69) is 5.32 Å². The van der Waals surface area contributed by atoms with Gasteiger partial charge in [0.2, 0.25) is 0 Å². The van der Waals surface area contributed by atoms with Crippen LogP contribution in [0.15, 0.2) is 34.9 Å². The number of hydrogen-bond donors (Lipinski definition) is 2. The molecule has 0 saturated heterocycles. The molecule has 6 heteroatoms. The standard InChI is InChI=1S/C14H13F2NO3/c15-10-5-9(6-11(16)7-10)1-3-17-8-13-12(14(18)19)2-4-20-13/h2,4-7,17H,1,3,8H2,(H,18,19). The highest BCUT2D eigenvalue weighted by atomic mass is 19.1. The Kier molecular flexibility index (Phi) is 4.47. The first-order valence-corrected chi connectivity index (χ1v) is 6.01. The number of carboxylic acids is 1. The zero-order valence-corrected chi connectivity index (χ0v) is 10.5. The molecule has 0 radical (unpaired) electrons. The van der Waals surface area contributed by atoms with Gasteiger partial charge in [0.05, 0.1) is 12.8 Å². The van der Waals surface area contributed by atoms with Gasteiger partial charge in [-0.2, -0.15) is 0 Å². The fourth-order valence-corrected chi connectivity index (χ4v) is 1.86. The number of halogens is 2. The van der Waals surface area contributed by atoms with Gasteiger partial charge in [-0.25, -0.2) is 13.6 Å². The molecule has 0 aliphatic carbocycles. The molecule has 0 saturated carbocycles. The maximum Gasteiger partial charge on any atom is 0.339 e. The molecular weight excluding hydrogens is 268 g/mol. The highest BCUT2D eigenvalue weighted by Crippen LogP contribution is 2.11. The first-order chi connectivity index (χ1) is 9.56. The van der Waals surface area contributed by atoms with E-state index in [1.807, 2.05) is 0 Å². The van der Waals surface area contributed by atoms with Gasteiger partial charge in [-0.05, 0) is 36.7 Å². The van der Waals surface area contributed by atoms with Crippen LogP contribution in [0.4, 0.5) is 8.78 Å². The Morgan fingerprint density at radius 2 is 1.95 bits per heavy atom. The van der Waals surface area contributed by atoms with Crippen molar-refractivity contribution >= 4 is 5.97 Å². The summed E-state index contributed by atoms with van der Waals surface area (Å²) in [5.41, 5.74) is 0.641. The number of nitrogens with one attached hydrogen (secondary N) is 1. The Morgan fingerprint density at radius 1 is 1.25 bits per heavy atom. The summed E-state index contributed by atoms with van der Waals surface area (Å²) in [6, 6.07) is 4.72. The summed E-state index contributed by atoms with van der Waals surface area (Å²) in [7, 11) is 0. The molecular formula is C14H13F2NO3. The Balaban J connectivity index is 1.84. The van der Waals surface area contributed by atoms with Crippen LogP contribution in [0.25, 0.3) is 0 Å². The zero-order valence-electron chi connectivity index (χ0n) is 10.5. The normalized spacial score (nSPS) is 10.7. The van der Waals surface area contributed by atoms with Gasteiger partial charge in [-0.15, -0.1) is 0 Å². The molecule has 0 bridgehead atoms. The van der Waals surface area contributed by atoms with Gasteiger partial charge in [0.1, 0.15) is 23.0 Å². The van der Waals surface area contributed by atoms with Crippen LogP contribution in [-0.4, -0.2) is 17.6 Å². The van der Waals surface area contributed by atoms with E-state index in [1.165, 1.54) is 24.5 Å². The van der Waals surface area contributed by atoms with Gasteiger partial charge in [-0.1, -0.05) is 0 Å². The summed E-state index contributed by atoms with van der Waals surface area (Å²) in [5.74, 6) is -1.95. The summed E-state index contributed by atoms with van der Waals surface area (Å²) < 4.78 is 31.0. The summed E-state index contributed by atoms with van der Waals surface area (Å²) in [6.07, 6.45) is 1.74. The first-order valence-electron chi connectivity index (χ1n) is 6.01. The maximum absolute atomic E-state index is 13.0. The average Bonchev–Trinajstić information content (AvgIpc) is 2.82. The largest absolute Gasteiger partial charge is 0.478 e. The lowest BCUT2D eigenvalue weighted by Gasteiger charge is -2.04. The highest BCUT2D eigenvalue weighted by molar-refractivity contribution is 5.88. The van der Waals surface area contributed by atoms with E-state index in [0.717, 1.165) is 6.07 Å². The molecule has 20 heavy (non-hydrogen) atoms. The second-order valence-corrected chi connectivity index (χ2v) is 4.27. The number of carboxylic acid groups (broad SMARTS) is 1. The molecule has 4 nitrogen and oxygen atoms in total. The third kappa shape index (κ3) is 3.64. The van der Waals surface area contributed by atoms with Gasteiger partial charge in [0.25, 0.3) is 0 Å². The smallest absolute Gasteiger partial charge is 0.339 e. The molecule has 1 aromatic carbocycles. The summed E-state index contributed by atoms with van der Waals surface area (Å²) >= 11 is 0. The monoisotopic (exact) mass is 281 g/mol. The second kappa shape index (κ2) is 6.29. The molecule has 1 aromatic heterocycles. The Labute approximate surface area is 114 Å². The molecule has 2 N–H and O–H groups in total. The first kappa shape index (κ1) is 14.2. The molecule has 1 heterocycles. The van der Waals surface area contributed by atoms with Gasteiger partial charge >= 0.3 is 5.97 Å². The molecule has 0 unspecified atom stereocenters. The predicted octanol–water partition coefficient (Wildman–Crippen LogP) is 2.59. The van der Waals surface area contributed by atoms with Crippen molar-refractivity contribution in [3.05, 3.63) is 59.1 Å². The zero-order chi connectivity index (χ0) is 14.5. The SMILES string of the molecule is O=C(O)c1ccoc1CNCCc1cc(F)cc(F)c1. The predicted molar refractivity (Wildman–Crippen MR) is 67.4 cm³/mol. The second-order valence-electron chi connectivity index (χ2n) is 4.27. The molecule has 0 amide bonds. The lowest BCUT2D eigenvalue weighted by atomic mass is 10.1. The van der Waals surface area contributed by atoms with Gasteiger partial charge in [0.15, 0.2) is 0 Å². The Bertz CT molecular complexity index is 590. The summed E-state index contributed by atoms with van der Waals surface area (Å²) in [6.45, 7) is 0.690. The molecule has 106 valence electrons. The minimum Gasteiger partial charge on any atom is -0.478 e. The van der Waals surface area contributed by atoms with Crippen LogP contribution in [0.2, 0.25) is 0 Å². The van der Waals surface area contributed by atoms with Crippen LogP contribution in [0, 0.1) is 11.6 Å². The molecule has 0 atom stereocenters. The van der Waals surface area contributed by atoms with E-state index >= 15 is 0 Å². The Hall–Kier alpha value is -2.21. The number of benzene rings is 1. The molecule has 0 fully saturated rings. The van der Waals surface area contributed by atoms with Gasteiger partial charge in [-0.3, -0.25) is 0 Å². The third-order valence-electron chi connectivity index (χ3n) is 2.77. The van der Waals surface area contributed by atoms with Crippen molar-refractivity contribution in [2.75, 3.05) is 6.54 Å². The minimum absolute atomic E-state index is 0.106. The lowest BCUT2D eigenvalue weighted by Crippen LogP contribution is -2.18. The van der Waals surface area contributed by atoms with E-state index in [0.29, 0.717) is 24.3 Å². The van der Waals surface area contributed by atoms with Crippen LogP contribution in [0.1, 0.15) is 21.7 Å². The van der Waals surface area contributed by atoms with Crippen LogP contribution < -0.4 is 5.32 Å². The minimum atomic E-state index is -1.05. The summed E-state index contributed by atoms with van der Waals surface area (Å²) in [5, 5.41) is 11.8. The van der Waals surface area contributed by atoms with Crippen molar-refractivity contribution in [2.45, 2.75) is 13.0 Å². The lowest BCUT2D eigenvalue weighted by molar-refractivity contribution is 0.0694. The van der Waals surface area contributed by atoms with Crippen LogP contribution in [-0.2, 0) is 13.0 Å². The van der Waals surface area contributed by atoms with E-state index in [9.17, 15) is 13.6 Å². The average molecular weight is 281 g/mol. The highest BCUT2D eigenvalue weighted by Gasteiger charge is 2.12. The van der Waals surface area contributed by atoms with Crippen molar-refractivity contribution in [3.63, 3.8) is 0 Å². The number of aromatic carboxylic acids is 1. The number of carbonyl (C=O) groups is 1. The van der Waals surface area contributed by atoms with Crippen molar-refractivity contribution in [3.8, 4) is 0 Å². The van der Waals surface area contributed by atoms with Crippen LogP contribution in [0.3, 0.4) is 0 Å². The fraction of sp³-hybridized carbons (Fsp3) is 0.214. The van der Waals surface area contributed by atoms with Gasteiger partial charge < -0.3 is 14.8 Å². The molecule has 2 aromatic rings. The third-order valence-corrected chi connectivity index (χ3v) is 2.77. The van der Waals surface area contributed by atoms with E-state index in [1.54, 1.807) is 0 Å². The number of furan rings is 1.